The smallest absolute Gasteiger partial charge is 0.400 e. The third-order valence-corrected chi connectivity index (χ3v) is 4.56. The van der Waals surface area contributed by atoms with Crippen molar-refractivity contribution in [2.24, 2.45) is 7.05 Å². The molecule has 2 rings (SSSR count). The molecule has 1 aromatic heterocycles. The Morgan fingerprint density at radius 2 is 1.92 bits per heavy atom. The summed E-state index contributed by atoms with van der Waals surface area (Å²) in [4.78, 5) is 4.98. The molecule has 8 nitrogen and oxygen atoms in total. The van der Waals surface area contributed by atoms with Crippen molar-refractivity contribution in [1.29, 1.82) is 0 Å². The fourth-order valence-electron chi connectivity index (χ4n) is 1.70. The van der Waals surface area contributed by atoms with Gasteiger partial charge in [0.2, 0.25) is 5.69 Å². The molecule has 1 N–H and O–H groups in total. The molecule has 0 radical (unpaired) electrons. The Kier molecular flexibility index (Phi) is 4.25. The van der Waals surface area contributed by atoms with Crippen molar-refractivity contribution in [1.82, 2.24) is 20.5 Å². The third kappa shape index (κ3) is 2.79. The highest BCUT2D eigenvalue weighted by molar-refractivity contribution is 7.95. The predicted molar refractivity (Wildman–Crippen MR) is 66.9 cm³/mol. The van der Waals surface area contributed by atoms with E-state index >= 15 is 0 Å². The van der Waals surface area contributed by atoms with Gasteiger partial charge >= 0.3 is 11.9 Å². The minimum Gasteiger partial charge on any atom is -0.413 e. The largest absolute Gasteiger partial charge is 0.413 e. The topological polar surface area (TPSA) is 95.3 Å². The van der Waals surface area contributed by atoms with Gasteiger partial charge in [0, 0.05) is 7.05 Å². The van der Waals surface area contributed by atoms with Crippen LogP contribution in [-0.2, 0) is 27.0 Å². The Labute approximate surface area is 132 Å². The van der Waals surface area contributed by atoms with Crippen molar-refractivity contribution >= 4 is 9.84 Å². The van der Waals surface area contributed by atoms with Gasteiger partial charge in [-0.2, -0.15) is 22.4 Å². The first kappa shape index (κ1) is 18.4. The molecule has 0 aliphatic carbocycles. The zero-order valence-corrected chi connectivity index (χ0v) is 13.2. The summed E-state index contributed by atoms with van der Waals surface area (Å²) in [6.07, 6.45) is 0. The van der Waals surface area contributed by atoms with Crippen LogP contribution < -0.4 is 10.2 Å². The van der Waals surface area contributed by atoms with E-state index < -0.39 is 49.7 Å². The van der Waals surface area contributed by atoms with E-state index in [1.807, 2.05) is 0 Å². The molecule has 0 aromatic carbocycles. The first-order valence-corrected chi connectivity index (χ1v) is 7.62. The number of sulfone groups is 1. The fourth-order valence-corrected chi connectivity index (χ4v) is 2.97. The molecule has 0 unspecified atom stereocenters. The van der Waals surface area contributed by atoms with Crippen LogP contribution >= 0.6 is 0 Å². The molecule has 0 saturated heterocycles. The average molecular weight is 378 g/mol. The molecule has 0 spiro atoms. The number of halogens is 5. The highest BCUT2D eigenvalue weighted by atomic mass is 32.2. The van der Waals surface area contributed by atoms with Crippen LogP contribution in [0.15, 0.2) is 10.9 Å². The molecule has 0 bridgehead atoms. The van der Waals surface area contributed by atoms with Crippen molar-refractivity contribution in [3.63, 3.8) is 0 Å². The monoisotopic (exact) mass is 378 g/mol. The maximum atomic E-state index is 14.4. The molecule has 0 amide bonds. The molecule has 1 aliphatic heterocycles. The maximum absolute atomic E-state index is 14.4. The van der Waals surface area contributed by atoms with Gasteiger partial charge in [0.1, 0.15) is 5.60 Å². The Hall–Kier alpha value is -1.96. The van der Waals surface area contributed by atoms with E-state index in [2.05, 4.69) is 19.8 Å². The minimum atomic E-state index is -5.76. The number of rotatable bonds is 5. The minimum absolute atomic E-state index is 0.406. The molecule has 0 fully saturated rings. The Balaban J connectivity index is 2.57. The van der Waals surface area contributed by atoms with Crippen LogP contribution in [0.25, 0.3) is 0 Å². The fraction of sp³-hybridized carbons (Fsp3) is 0.600. The van der Waals surface area contributed by atoms with E-state index in [9.17, 15) is 30.4 Å². The predicted octanol–water partition coefficient (Wildman–Crippen LogP) is 1.33. The molecule has 2 heterocycles. The van der Waals surface area contributed by atoms with E-state index in [1.165, 1.54) is 0 Å². The summed E-state index contributed by atoms with van der Waals surface area (Å²) in [5.41, 5.74) is -1.95. The second-order valence-electron chi connectivity index (χ2n) is 5.10. The number of nitrogens with one attached hydrogen (secondary N) is 1. The summed E-state index contributed by atoms with van der Waals surface area (Å²) in [6, 6.07) is 0. The lowest BCUT2D eigenvalue weighted by Crippen LogP contribution is -2.32. The van der Waals surface area contributed by atoms with E-state index in [-0.39, 0.29) is 0 Å². The number of aromatic nitrogens is 3. The number of aryl methyl sites for hydroxylation is 1. The zero-order valence-electron chi connectivity index (χ0n) is 12.4. The molecule has 1 aliphatic rings. The summed E-state index contributed by atoms with van der Waals surface area (Å²) in [7, 11) is -4.79. The Morgan fingerprint density at radius 1 is 1.33 bits per heavy atom. The van der Waals surface area contributed by atoms with Gasteiger partial charge in [-0.25, -0.2) is 12.8 Å². The van der Waals surface area contributed by atoms with Crippen LogP contribution in [0.3, 0.4) is 0 Å². The number of hydrogen-bond acceptors (Lipinski definition) is 7. The van der Waals surface area contributed by atoms with Crippen molar-refractivity contribution in [3.05, 3.63) is 16.5 Å². The molecule has 24 heavy (non-hydrogen) atoms. The second-order valence-corrected chi connectivity index (χ2v) is 7.03. The van der Waals surface area contributed by atoms with Crippen LogP contribution in [-0.4, -0.2) is 35.6 Å². The molecule has 1 aromatic rings. The first-order chi connectivity index (χ1) is 10.8. The molecule has 14 heteroatoms. The van der Waals surface area contributed by atoms with E-state index in [1.54, 1.807) is 5.48 Å². The van der Waals surface area contributed by atoms with E-state index in [4.69, 9.17) is 0 Å². The lowest BCUT2D eigenvalue weighted by atomic mass is 10.1. The van der Waals surface area contributed by atoms with Crippen LogP contribution in [0.1, 0.15) is 19.5 Å². The summed E-state index contributed by atoms with van der Waals surface area (Å²) >= 11 is 0. The van der Waals surface area contributed by atoms with E-state index in [0.717, 1.165) is 20.9 Å². The van der Waals surface area contributed by atoms with E-state index in [0.29, 0.717) is 4.80 Å². The standard InChI is InChI=1S/C10H11F5N4O4S/c1-9(2)4(11)7(18-23-9)24(20,21)10(14,15)5-6(22-8(12)13)17-19(3)16-5/h8,18H,1-3H3. The summed E-state index contributed by atoms with van der Waals surface area (Å²) < 4.78 is 95.3. The quantitative estimate of drug-likeness (QED) is 0.773. The van der Waals surface area contributed by atoms with Crippen LogP contribution in [0.2, 0.25) is 0 Å². The second kappa shape index (κ2) is 5.54. The highest BCUT2D eigenvalue weighted by Gasteiger charge is 2.58. The van der Waals surface area contributed by atoms with Crippen LogP contribution in [0, 0.1) is 0 Å². The number of nitrogens with zero attached hydrogens (tertiary/aromatic N) is 3. The van der Waals surface area contributed by atoms with Gasteiger partial charge in [0.25, 0.3) is 15.7 Å². The summed E-state index contributed by atoms with van der Waals surface area (Å²) in [5.74, 6) is -2.91. The SMILES string of the molecule is Cn1nc(OC(F)F)c(C(F)(F)S(=O)(=O)C2=C(F)C(C)(C)ON2)n1. The lowest BCUT2D eigenvalue weighted by molar-refractivity contribution is -0.0563. The van der Waals surface area contributed by atoms with Gasteiger partial charge in [-0.3, -0.25) is 10.3 Å². The third-order valence-electron chi connectivity index (χ3n) is 2.89. The summed E-state index contributed by atoms with van der Waals surface area (Å²) in [5, 5.41) is -0.317. The van der Waals surface area contributed by atoms with Gasteiger partial charge < -0.3 is 4.74 Å². The lowest BCUT2D eigenvalue weighted by Gasteiger charge is -2.15. The Morgan fingerprint density at radius 3 is 2.38 bits per heavy atom. The van der Waals surface area contributed by atoms with Crippen molar-refractivity contribution in [2.45, 2.75) is 31.3 Å². The zero-order chi connectivity index (χ0) is 18.5. The number of hydroxylamine groups is 1. The number of ether oxygens (including phenoxy) is 1. The van der Waals surface area contributed by atoms with Crippen molar-refractivity contribution in [3.8, 4) is 5.88 Å². The Bertz CT molecular complexity index is 789. The highest BCUT2D eigenvalue weighted by Crippen LogP contribution is 2.44. The van der Waals surface area contributed by atoms with Gasteiger partial charge in [-0.15, -0.1) is 10.2 Å². The number of alkyl halides is 4. The van der Waals surface area contributed by atoms with Crippen molar-refractivity contribution < 1.29 is 39.9 Å². The molecule has 0 atom stereocenters. The van der Waals surface area contributed by atoms with Gasteiger partial charge in [-0.05, 0) is 13.8 Å². The maximum Gasteiger partial charge on any atom is 0.400 e. The molecular weight excluding hydrogens is 367 g/mol. The first-order valence-electron chi connectivity index (χ1n) is 6.14. The summed E-state index contributed by atoms with van der Waals surface area (Å²) in [6.45, 7) is -1.38. The number of hydrogen-bond donors (Lipinski definition) is 1. The van der Waals surface area contributed by atoms with Crippen LogP contribution in [0.4, 0.5) is 22.0 Å². The average Bonchev–Trinajstić information content (AvgIpc) is 2.90. The normalized spacial score (nSPS) is 18.2. The van der Waals surface area contributed by atoms with Crippen molar-refractivity contribution in [2.75, 3.05) is 0 Å². The molecule has 136 valence electrons. The van der Waals surface area contributed by atoms with Gasteiger partial charge in [0.05, 0.1) is 0 Å². The van der Waals surface area contributed by atoms with Gasteiger partial charge in [-0.1, -0.05) is 0 Å². The molecule has 0 saturated carbocycles. The van der Waals surface area contributed by atoms with Gasteiger partial charge in [0.15, 0.2) is 10.9 Å². The molecular formula is C10H11F5N4O4S. The van der Waals surface area contributed by atoms with Crippen LogP contribution in [0.5, 0.6) is 5.88 Å².